The Morgan fingerprint density at radius 3 is 3.13 bits per heavy atom. The van der Waals surface area contributed by atoms with Crippen LogP contribution in [0.1, 0.15) is 31.0 Å². The van der Waals surface area contributed by atoms with E-state index in [0.29, 0.717) is 17.4 Å². The summed E-state index contributed by atoms with van der Waals surface area (Å²) in [4.78, 5) is 8.29. The van der Waals surface area contributed by atoms with Gasteiger partial charge in [-0.25, -0.2) is 4.98 Å². The highest BCUT2D eigenvalue weighted by Gasteiger charge is 2.16. The molecule has 0 saturated carbocycles. The van der Waals surface area contributed by atoms with E-state index in [1.807, 2.05) is 5.38 Å². The minimum absolute atomic E-state index is 0.175. The largest absolute Gasteiger partial charge is 0.332 e. The van der Waals surface area contributed by atoms with Crippen molar-refractivity contribution in [2.45, 2.75) is 25.1 Å². The predicted octanol–water partition coefficient (Wildman–Crippen LogP) is 3.27. The van der Waals surface area contributed by atoms with Crippen LogP contribution < -0.4 is 0 Å². The molecule has 0 aliphatic carbocycles. The number of aromatic nitrogens is 3. The van der Waals surface area contributed by atoms with Crippen molar-refractivity contribution in [1.29, 1.82) is 0 Å². The van der Waals surface area contributed by atoms with E-state index >= 15 is 0 Å². The number of rotatable bonds is 4. The van der Waals surface area contributed by atoms with Gasteiger partial charge in [-0.15, -0.1) is 22.9 Å². The summed E-state index contributed by atoms with van der Waals surface area (Å²) < 4.78 is 5.08. The van der Waals surface area contributed by atoms with Gasteiger partial charge in [0.15, 0.2) is 5.82 Å². The first kappa shape index (κ1) is 10.6. The third-order valence-electron chi connectivity index (χ3n) is 1.92. The van der Waals surface area contributed by atoms with Crippen LogP contribution in [0.15, 0.2) is 15.4 Å². The van der Waals surface area contributed by atoms with Gasteiger partial charge in [-0.3, -0.25) is 0 Å². The van der Waals surface area contributed by atoms with Crippen molar-refractivity contribution in [2.24, 2.45) is 0 Å². The van der Waals surface area contributed by atoms with Crippen LogP contribution in [0.2, 0.25) is 0 Å². The highest BCUT2D eigenvalue weighted by Crippen LogP contribution is 2.25. The van der Waals surface area contributed by atoms with E-state index in [1.54, 1.807) is 5.51 Å². The molecule has 0 radical (unpaired) electrons. The first-order chi connectivity index (χ1) is 7.31. The average Bonchev–Trinajstić information content (AvgIpc) is 2.89. The summed E-state index contributed by atoms with van der Waals surface area (Å²) in [5.74, 6) is 0.981. The molecule has 0 aromatic carbocycles. The normalized spacial score (nSPS) is 12.9. The van der Waals surface area contributed by atoms with Crippen molar-refractivity contribution in [1.82, 2.24) is 15.1 Å². The SMILES string of the molecule is CCCC(Cl)c1noc(-c2cscn2)n1. The maximum atomic E-state index is 6.08. The molecule has 4 nitrogen and oxygen atoms in total. The van der Waals surface area contributed by atoms with Gasteiger partial charge in [-0.2, -0.15) is 4.98 Å². The quantitative estimate of drug-likeness (QED) is 0.774. The zero-order valence-electron chi connectivity index (χ0n) is 8.18. The van der Waals surface area contributed by atoms with E-state index in [0.717, 1.165) is 12.8 Å². The Morgan fingerprint density at radius 2 is 2.47 bits per heavy atom. The number of hydrogen-bond donors (Lipinski definition) is 0. The third-order valence-corrected chi connectivity index (χ3v) is 2.92. The second-order valence-corrected chi connectivity index (χ2v) is 4.33. The molecular weight excluding hydrogens is 234 g/mol. The molecule has 0 N–H and O–H groups in total. The lowest BCUT2D eigenvalue weighted by atomic mass is 10.2. The van der Waals surface area contributed by atoms with Crippen molar-refractivity contribution in [3.63, 3.8) is 0 Å². The van der Waals surface area contributed by atoms with Gasteiger partial charge in [0.05, 0.1) is 10.9 Å². The second kappa shape index (κ2) is 4.72. The van der Waals surface area contributed by atoms with Gasteiger partial charge < -0.3 is 4.52 Å². The van der Waals surface area contributed by atoms with Crippen molar-refractivity contribution < 1.29 is 4.52 Å². The van der Waals surface area contributed by atoms with E-state index in [9.17, 15) is 0 Å². The molecule has 0 aliphatic heterocycles. The van der Waals surface area contributed by atoms with E-state index < -0.39 is 0 Å². The van der Waals surface area contributed by atoms with Crippen molar-refractivity contribution in [3.05, 3.63) is 16.7 Å². The van der Waals surface area contributed by atoms with Crippen LogP contribution in [0.25, 0.3) is 11.6 Å². The Labute approximate surface area is 96.3 Å². The van der Waals surface area contributed by atoms with Crippen molar-refractivity contribution in [2.75, 3.05) is 0 Å². The highest BCUT2D eigenvalue weighted by molar-refractivity contribution is 7.07. The molecule has 1 unspecified atom stereocenters. The summed E-state index contributed by atoms with van der Waals surface area (Å²) in [6, 6.07) is 0. The molecule has 2 rings (SSSR count). The Kier molecular flexibility index (Phi) is 3.33. The number of alkyl halides is 1. The smallest absolute Gasteiger partial charge is 0.277 e. The maximum Gasteiger partial charge on any atom is 0.277 e. The van der Waals surface area contributed by atoms with Crippen LogP contribution >= 0.6 is 22.9 Å². The molecule has 0 saturated heterocycles. The third kappa shape index (κ3) is 2.35. The van der Waals surface area contributed by atoms with Gasteiger partial charge in [-0.1, -0.05) is 18.5 Å². The van der Waals surface area contributed by atoms with E-state index in [2.05, 4.69) is 22.0 Å². The van der Waals surface area contributed by atoms with Crippen LogP contribution in [-0.2, 0) is 0 Å². The van der Waals surface area contributed by atoms with E-state index in [4.69, 9.17) is 16.1 Å². The van der Waals surface area contributed by atoms with Crippen LogP contribution in [0, 0.1) is 0 Å². The van der Waals surface area contributed by atoms with Crippen LogP contribution in [-0.4, -0.2) is 15.1 Å². The van der Waals surface area contributed by atoms with Gasteiger partial charge in [0, 0.05) is 5.38 Å². The van der Waals surface area contributed by atoms with Crippen LogP contribution in [0.5, 0.6) is 0 Å². The molecule has 80 valence electrons. The summed E-state index contributed by atoms with van der Waals surface area (Å²) >= 11 is 7.57. The fraction of sp³-hybridized carbons (Fsp3) is 0.444. The lowest BCUT2D eigenvalue weighted by Crippen LogP contribution is -1.92. The zero-order valence-corrected chi connectivity index (χ0v) is 9.75. The standard InChI is InChI=1S/C9H10ClN3OS/c1-2-3-6(10)8-12-9(14-13-8)7-4-15-5-11-7/h4-6H,2-3H2,1H3. The molecule has 1 atom stereocenters. The zero-order chi connectivity index (χ0) is 10.7. The van der Waals surface area contributed by atoms with E-state index in [1.165, 1.54) is 11.3 Å². The van der Waals surface area contributed by atoms with Gasteiger partial charge in [0.2, 0.25) is 0 Å². The van der Waals surface area contributed by atoms with Gasteiger partial charge in [0.25, 0.3) is 5.89 Å². The minimum atomic E-state index is -0.175. The van der Waals surface area contributed by atoms with Crippen molar-refractivity contribution in [3.8, 4) is 11.6 Å². The van der Waals surface area contributed by atoms with Crippen molar-refractivity contribution >= 4 is 22.9 Å². The highest BCUT2D eigenvalue weighted by atomic mass is 35.5. The Morgan fingerprint density at radius 1 is 1.60 bits per heavy atom. The fourth-order valence-corrected chi connectivity index (χ4v) is 2.00. The minimum Gasteiger partial charge on any atom is -0.332 e. The number of thiazole rings is 1. The lowest BCUT2D eigenvalue weighted by molar-refractivity contribution is 0.419. The molecule has 2 aromatic rings. The number of nitrogens with zero attached hydrogens (tertiary/aromatic N) is 3. The van der Waals surface area contributed by atoms with Gasteiger partial charge >= 0.3 is 0 Å². The topological polar surface area (TPSA) is 51.8 Å². The molecule has 0 spiro atoms. The Balaban J connectivity index is 2.17. The molecule has 15 heavy (non-hydrogen) atoms. The molecule has 0 bridgehead atoms. The summed E-state index contributed by atoms with van der Waals surface area (Å²) in [5, 5.41) is 5.52. The molecule has 0 aliphatic rings. The summed E-state index contributed by atoms with van der Waals surface area (Å²) in [6.45, 7) is 2.07. The fourth-order valence-electron chi connectivity index (χ4n) is 1.17. The van der Waals surface area contributed by atoms with Gasteiger partial charge in [0.1, 0.15) is 5.69 Å². The second-order valence-electron chi connectivity index (χ2n) is 3.09. The number of halogens is 1. The summed E-state index contributed by atoms with van der Waals surface area (Å²) in [6.07, 6.45) is 1.84. The lowest BCUT2D eigenvalue weighted by Gasteiger charge is -1.99. The van der Waals surface area contributed by atoms with Crippen LogP contribution in [0.3, 0.4) is 0 Å². The molecule has 2 aromatic heterocycles. The number of hydrogen-bond acceptors (Lipinski definition) is 5. The average molecular weight is 244 g/mol. The maximum absolute atomic E-state index is 6.08. The first-order valence-corrected chi connectivity index (χ1v) is 6.05. The molecule has 0 amide bonds. The van der Waals surface area contributed by atoms with E-state index in [-0.39, 0.29) is 5.38 Å². The monoisotopic (exact) mass is 243 g/mol. The Bertz CT molecular complexity index is 415. The first-order valence-electron chi connectivity index (χ1n) is 4.67. The molecule has 2 heterocycles. The molecular formula is C9H10ClN3OS. The summed E-state index contributed by atoms with van der Waals surface area (Å²) in [7, 11) is 0. The predicted molar refractivity (Wildman–Crippen MR) is 58.9 cm³/mol. The summed E-state index contributed by atoms with van der Waals surface area (Å²) in [5.41, 5.74) is 2.43. The molecule has 6 heteroatoms. The molecule has 0 fully saturated rings. The van der Waals surface area contributed by atoms with Gasteiger partial charge in [-0.05, 0) is 6.42 Å². The van der Waals surface area contributed by atoms with Crippen LogP contribution in [0.4, 0.5) is 0 Å². The Hall–Kier alpha value is -0.940.